The molecule has 3 fully saturated rings. The molecule has 2 aliphatic carbocycles. The fraction of sp³-hybridized carbons (Fsp3) is 0.900. The van der Waals surface area contributed by atoms with Crippen LogP contribution in [0.4, 0.5) is 4.79 Å². The van der Waals surface area contributed by atoms with Crippen LogP contribution in [0.5, 0.6) is 0 Å². The van der Waals surface area contributed by atoms with Crippen LogP contribution < -0.4 is 10.6 Å². The Morgan fingerprint density at radius 2 is 1.68 bits per heavy atom. The molecule has 1 saturated heterocycles. The molecule has 1 unspecified atom stereocenters. The van der Waals surface area contributed by atoms with E-state index in [1.165, 1.54) is 38.5 Å². The van der Waals surface area contributed by atoms with Gasteiger partial charge in [-0.15, -0.1) is 0 Å². The van der Waals surface area contributed by atoms with E-state index in [1.54, 1.807) is 0 Å². The second-order valence-electron chi connectivity index (χ2n) is 8.48. The van der Waals surface area contributed by atoms with E-state index in [0.717, 1.165) is 51.1 Å². The monoisotopic (exact) mass is 349 g/mol. The molecular weight excluding hydrogens is 314 g/mol. The number of nitrogens with one attached hydrogen (secondary N) is 2. The van der Waals surface area contributed by atoms with Gasteiger partial charge >= 0.3 is 6.03 Å². The van der Waals surface area contributed by atoms with Gasteiger partial charge in [-0.1, -0.05) is 32.1 Å². The summed E-state index contributed by atoms with van der Waals surface area (Å²) in [6.45, 7) is 3.62. The molecule has 1 atom stereocenters. The molecule has 25 heavy (non-hydrogen) atoms. The summed E-state index contributed by atoms with van der Waals surface area (Å²) in [5.41, 5.74) is 0. The van der Waals surface area contributed by atoms with E-state index in [2.05, 4.69) is 17.6 Å². The molecule has 2 N–H and O–H groups in total. The third-order valence-electron chi connectivity index (χ3n) is 6.46. The standard InChI is InChI=1S/C20H35N3O2/c1-15(9-10-16-5-2-3-6-16)21-20(25)23-13-11-18(12-14-23)22-19(24)17-7-4-8-17/h15-18H,2-14H2,1H3,(H,21,25)(H,22,24). The second kappa shape index (κ2) is 8.91. The molecule has 3 aliphatic rings. The molecule has 0 aromatic carbocycles. The van der Waals surface area contributed by atoms with Gasteiger partial charge in [0, 0.05) is 31.1 Å². The zero-order valence-corrected chi connectivity index (χ0v) is 15.8. The van der Waals surface area contributed by atoms with Crippen LogP contribution in [-0.2, 0) is 4.79 Å². The van der Waals surface area contributed by atoms with Crippen molar-refractivity contribution in [3.8, 4) is 0 Å². The number of urea groups is 1. The largest absolute Gasteiger partial charge is 0.353 e. The van der Waals surface area contributed by atoms with Crippen molar-refractivity contribution in [2.24, 2.45) is 11.8 Å². The first kappa shape index (κ1) is 18.5. The maximum absolute atomic E-state index is 12.4. The average molecular weight is 350 g/mol. The van der Waals surface area contributed by atoms with Crippen LogP contribution in [0, 0.1) is 11.8 Å². The minimum atomic E-state index is 0.0719. The number of hydrogen-bond donors (Lipinski definition) is 2. The van der Waals surface area contributed by atoms with Crippen molar-refractivity contribution in [1.29, 1.82) is 0 Å². The highest BCUT2D eigenvalue weighted by molar-refractivity contribution is 5.79. The SMILES string of the molecule is CC(CCC1CCCC1)NC(=O)N1CCC(NC(=O)C2CCC2)CC1. The van der Waals surface area contributed by atoms with Gasteiger partial charge in [0.25, 0.3) is 0 Å². The van der Waals surface area contributed by atoms with E-state index in [9.17, 15) is 9.59 Å². The second-order valence-corrected chi connectivity index (χ2v) is 8.48. The molecular formula is C20H35N3O2. The van der Waals surface area contributed by atoms with Crippen molar-refractivity contribution < 1.29 is 9.59 Å². The van der Waals surface area contributed by atoms with Crippen LogP contribution in [0.1, 0.15) is 77.6 Å². The van der Waals surface area contributed by atoms with Gasteiger partial charge in [0.05, 0.1) is 0 Å². The molecule has 5 heteroatoms. The molecule has 0 spiro atoms. The van der Waals surface area contributed by atoms with E-state index in [4.69, 9.17) is 0 Å². The number of rotatable bonds is 6. The predicted molar refractivity (Wildman–Crippen MR) is 99.3 cm³/mol. The molecule has 0 aromatic heterocycles. The van der Waals surface area contributed by atoms with E-state index < -0.39 is 0 Å². The number of nitrogens with zero attached hydrogens (tertiary/aromatic N) is 1. The van der Waals surface area contributed by atoms with Crippen LogP contribution in [0.3, 0.4) is 0 Å². The quantitative estimate of drug-likeness (QED) is 0.772. The summed E-state index contributed by atoms with van der Waals surface area (Å²) in [5.74, 6) is 1.37. The molecule has 2 saturated carbocycles. The third-order valence-corrected chi connectivity index (χ3v) is 6.46. The van der Waals surface area contributed by atoms with Crippen molar-refractivity contribution in [3.63, 3.8) is 0 Å². The lowest BCUT2D eigenvalue weighted by Crippen LogP contribution is -2.51. The molecule has 0 radical (unpaired) electrons. The van der Waals surface area contributed by atoms with Crippen LogP contribution >= 0.6 is 0 Å². The van der Waals surface area contributed by atoms with Gasteiger partial charge in [-0.25, -0.2) is 4.79 Å². The Hall–Kier alpha value is -1.26. The lowest BCUT2D eigenvalue weighted by molar-refractivity contribution is -0.128. The number of carbonyl (C=O) groups is 2. The Morgan fingerprint density at radius 3 is 2.28 bits per heavy atom. The zero-order valence-electron chi connectivity index (χ0n) is 15.8. The number of carbonyl (C=O) groups excluding carboxylic acids is 2. The Bertz CT molecular complexity index is 450. The van der Waals surface area contributed by atoms with Crippen molar-refractivity contribution >= 4 is 11.9 Å². The molecule has 0 aromatic rings. The van der Waals surface area contributed by atoms with Gasteiger partial charge < -0.3 is 15.5 Å². The summed E-state index contributed by atoms with van der Waals surface area (Å²) in [4.78, 5) is 26.4. The first-order chi connectivity index (χ1) is 12.1. The van der Waals surface area contributed by atoms with Gasteiger partial charge in [0.1, 0.15) is 0 Å². The summed E-state index contributed by atoms with van der Waals surface area (Å²) in [6, 6.07) is 0.573. The number of hydrogen-bond acceptors (Lipinski definition) is 2. The Balaban J connectivity index is 1.31. The van der Waals surface area contributed by atoms with E-state index >= 15 is 0 Å². The van der Waals surface area contributed by atoms with Crippen molar-refractivity contribution in [2.45, 2.75) is 89.6 Å². The molecule has 3 amide bonds. The highest BCUT2D eigenvalue weighted by Gasteiger charge is 2.29. The summed E-state index contributed by atoms with van der Waals surface area (Å²) in [6.07, 6.45) is 12.9. The Labute approximate surface area is 152 Å². The van der Waals surface area contributed by atoms with Crippen molar-refractivity contribution in [3.05, 3.63) is 0 Å². The Kier molecular flexibility index (Phi) is 6.60. The number of likely N-dealkylation sites (tertiary alicyclic amines) is 1. The molecule has 142 valence electrons. The molecule has 0 bridgehead atoms. The van der Waals surface area contributed by atoms with E-state index in [1.807, 2.05) is 4.90 Å². The maximum atomic E-state index is 12.4. The normalized spacial score (nSPS) is 24.0. The van der Waals surface area contributed by atoms with Gasteiger partial charge in [0.2, 0.25) is 5.91 Å². The first-order valence-electron chi connectivity index (χ1n) is 10.5. The maximum Gasteiger partial charge on any atom is 0.317 e. The lowest BCUT2D eigenvalue weighted by atomic mass is 9.84. The molecule has 5 nitrogen and oxygen atoms in total. The van der Waals surface area contributed by atoms with Crippen molar-refractivity contribution in [2.75, 3.05) is 13.1 Å². The summed E-state index contributed by atoms with van der Waals surface area (Å²) >= 11 is 0. The molecule has 1 aliphatic heterocycles. The first-order valence-corrected chi connectivity index (χ1v) is 10.5. The van der Waals surface area contributed by atoms with Crippen LogP contribution in [0.25, 0.3) is 0 Å². The van der Waals surface area contributed by atoms with E-state index in [0.29, 0.717) is 0 Å². The highest BCUT2D eigenvalue weighted by Crippen LogP contribution is 2.29. The average Bonchev–Trinajstić information content (AvgIpc) is 3.05. The minimum absolute atomic E-state index is 0.0719. The van der Waals surface area contributed by atoms with Gasteiger partial charge in [0.15, 0.2) is 0 Å². The summed E-state index contributed by atoms with van der Waals surface area (Å²) < 4.78 is 0. The molecule has 1 heterocycles. The van der Waals surface area contributed by atoms with Crippen LogP contribution in [0.15, 0.2) is 0 Å². The fourth-order valence-corrected chi connectivity index (χ4v) is 4.38. The minimum Gasteiger partial charge on any atom is -0.353 e. The fourth-order valence-electron chi connectivity index (χ4n) is 4.38. The molecule has 3 rings (SSSR count). The van der Waals surface area contributed by atoms with E-state index in [-0.39, 0.29) is 29.9 Å². The lowest BCUT2D eigenvalue weighted by Gasteiger charge is -2.34. The Morgan fingerprint density at radius 1 is 1.00 bits per heavy atom. The predicted octanol–water partition coefficient (Wildman–Crippen LogP) is 3.44. The number of piperidine rings is 1. The summed E-state index contributed by atoms with van der Waals surface area (Å²) in [5, 5.41) is 6.34. The van der Waals surface area contributed by atoms with Gasteiger partial charge in [-0.2, -0.15) is 0 Å². The van der Waals surface area contributed by atoms with Crippen molar-refractivity contribution in [1.82, 2.24) is 15.5 Å². The third kappa shape index (κ3) is 5.35. The van der Waals surface area contributed by atoms with Crippen LogP contribution in [0.2, 0.25) is 0 Å². The van der Waals surface area contributed by atoms with Gasteiger partial charge in [-0.05, 0) is 51.4 Å². The smallest absolute Gasteiger partial charge is 0.317 e. The summed E-state index contributed by atoms with van der Waals surface area (Å²) in [7, 11) is 0. The van der Waals surface area contributed by atoms with Gasteiger partial charge in [-0.3, -0.25) is 4.79 Å². The topological polar surface area (TPSA) is 61.4 Å². The highest BCUT2D eigenvalue weighted by atomic mass is 16.2. The zero-order chi connectivity index (χ0) is 17.6. The number of amides is 3. The van der Waals surface area contributed by atoms with Crippen LogP contribution in [-0.4, -0.2) is 42.0 Å².